The van der Waals surface area contributed by atoms with Crippen LogP contribution in [0.4, 0.5) is 0 Å². The number of thiophene rings is 1. The van der Waals surface area contributed by atoms with E-state index in [2.05, 4.69) is 63.2 Å². The predicted molar refractivity (Wildman–Crippen MR) is 114 cm³/mol. The minimum Gasteiger partial charge on any atom is -0.496 e. The average Bonchev–Trinajstić information content (AvgIpc) is 3.39. The number of ether oxygens (including phenoxy) is 1. The Balaban J connectivity index is 1.59. The molecule has 0 aliphatic carbocycles. The lowest BCUT2D eigenvalue weighted by atomic mass is 10.1. The van der Waals surface area contributed by atoms with Crippen LogP contribution in [0, 0.1) is 6.92 Å². The summed E-state index contributed by atoms with van der Waals surface area (Å²) in [6, 6.07) is 11.1. The Morgan fingerprint density at radius 1 is 1.26 bits per heavy atom. The molecule has 2 N–H and O–H groups in total. The lowest BCUT2D eigenvalue weighted by Gasteiger charge is -2.27. The van der Waals surface area contributed by atoms with Crippen molar-refractivity contribution in [2.75, 3.05) is 33.8 Å². The van der Waals surface area contributed by atoms with Gasteiger partial charge in [0.1, 0.15) is 5.75 Å². The summed E-state index contributed by atoms with van der Waals surface area (Å²) in [4.78, 5) is 8.39. The van der Waals surface area contributed by atoms with Gasteiger partial charge in [-0.2, -0.15) is 0 Å². The molecule has 1 aliphatic heterocycles. The third-order valence-corrected chi connectivity index (χ3v) is 6.00. The monoisotopic (exact) mass is 386 g/mol. The zero-order chi connectivity index (χ0) is 19.1. The van der Waals surface area contributed by atoms with E-state index in [9.17, 15) is 0 Å². The molecule has 6 heteroatoms. The van der Waals surface area contributed by atoms with Crippen LogP contribution in [-0.2, 0) is 6.54 Å². The van der Waals surface area contributed by atoms with Crippen LogP contribution < -0.4 is 15.4 Å². The molecule has 0 saturated carbocycles. The van der Waals surface area contributed by atoms with Gasteiger partial charge in [0.25, 0.3) is 0 Å². The second-order valence-electron chi connectivity index (χ2n) is 6.90. The summed E-state index contributed by atoms with van der Waals surface area (Å²) < 4.78 is 5.50. The number of guanidine groups is 1. The van der Waals surface area contributed by atoms with Crippen LogP contribution in [0.5, 0.6) is 5.75 Å². The Hall–Kier alpha value is -2.05. The van der Waals surface area contributed by atoms with Gasteiger partial charge in [-0.15, -0.1) is 11.3 Å². The molecule has 0 radical (unpaired) electrons. The first-order valence-electron chi connectivity index (χ1n) is 9.56. The number of benzene rings is 1. The van der Waals surface area contributed by atoms with Crippen molar-refractivity contribution in [1.82, 2.24) is 15.5 Å². The van der Waals surface area contributed by atoms with Crippen molar-refractivity contribution in [2.24, 2.45) is 4.99 Å². The van der Waals surface area contributed by atoms with E-state index in [1.165, 1.54) is 36.4 Å². The minimum absolute atomic E-state index is 0.403. The molecule has 0 amide bonds. The van der Waals surface area contributed by atoms with E-state index in [-0.39, 0.29) is 0 Å². The third-order valence-electron chi connectivity index (χ3n) is 5.03. The first-order chi connectivity index (χ1) is 13.2. The van der Waals surface area contributed by atoms with Crippen molar-refractivity contribution in [3.05, 3.63) is 51.7 Å². The summed E-state index contributed by atoms with van der Waals surface area (Å²) in [5, 5.41) is 9.09. The Kier molecular flexibility index (Phi) is 7.12. The number of aryl methyl sites for hydroxylation is 1. The number of nitrogens with one attached hydrogen (secondary N) is 2. The molecule has 0 spiro atoms. The first kappa shape index (κ1) is 19.7. The van der Waals surface area contributed by atoms with Gasteiger partial charge in [-0.25, -0.2) is 0 Å². The van der Waals surface area contributed by atoms with Crippen LogP contribution in [0.25, 0.3) is 0 Å². The number of hydrogen-bond donors (Lipinski definition) is 2. The van der Waals surface area contributed by atoms with Crippen LogP contribution in [0.3, 0.4) is 0 Å². The van der Waals surface area contributed by atoms with Gasteiger partial charge >= 0.3 is 0 Å². The van der Waals surface area contributed by atoms with Crippen molar-refractivity contribution in [3.8, 4) is 5.75 Å². The summed E-state index contributed by atoms with van der Waals surface area (Å²) in [5.41, 5.74) is 2.32. The van der Waals surface area contributed by atoms with E-state index in [0.717, 1.165) is 23.8 Å². The minimum atomic E-state index is 0.403. The van der Waals surface area contributed by atoms with Crippen LogP contribution in [-0.4, -0.2) is 44.7 Å². The summed E-state index contributed by atoms with van der Waals surface area (Å²) >= 11 is 1.84. The fourth-order valence-electron chi connectivity index (χ4n) is 3.53. The maximum absolute atomic E-state index is 5.50. The Labute approximate surface area is 166 Å². The highest BCUT2D eigenvalue weighted by atomic mass is 32.1. The summed E-state index contributed by atoms with van der Waals surface area (Å²) in [7, 11) is 3.53. The summed E-state index contributed by atoms with van der Waals surface area (Å²) in [6.45, 7) is 5.96. The molecule has 2 aromatic rings. The second kappa shape index (κ2) is 9.76. The Morgan fingerprint density at radius 2 is 2.07 bits per heavy atom. The lowest BCUT2D eigenvalue weighted by molar-refractivity contribution is 0.249. The number of rotatable bonds is 7. The largest absolute Gasteiger partial charge is 0.496 e. The van der Waals surface area contributed by atoms with Crippen molar-refractivity contribution in [3.63, 3.8) is 0 Å². The molecule has 1 aromatic carbocycles. The number of methoxy groups -OCH3 is 1. The molecule has 27 heavy (non-hydrogen) atoms. The normalized spacial score (nSPS) is 16.3. The van der Waals surface area contributed by atoms with E-state index in [0.29, 0.717) is 12.6 Å². The van der Waals surface area contributed by atoms with E-state index in [4.69, 9.17) is 4.74 Å². The molecule has 1 unspecified atom stereocenters. The van der Waals surface area contributed by atoms with Crippen molar-refractivity contribution >= 4 is 17.3 Å². The fourth-order valence-corrected chi connectivity index (χ4v) is 4.40. The Bertz CT molecular complexity index is 739. The van der Waals surface area contributed by atoms with Gasteiger partial charge in [0.05, 0.1) is 13.2 Å². The Morgan fingerprint density at radius 3 is 2.74 bits per heavy atom. The summed E-state index contributed by atoms with van der Waals surface area (Å²) in [6.07, 6.45) is 2.59. The molecular weight excluding hydrogens is 356 g/mol. The highest BCUT2D eigenvalue weighted by Crippen LogP contribution is 2.27. The maximum Gasteiger partial charge on any atom is 0.191 e. The third kappa shape index (κ3) is 5.23. The molecule has 2 heterocycles. The van der Waals surface area contributed by atoms with Gasteiger partial charge in [-0.1, -0.05) is 18.2 Å². The smallest absolute Gasteiger partial charge is 0.191 e. The standard InChI is InChI=1S/C21H30N4OS/c1-16-8-9-17(19(13-16)26-3)14-23-21(22-2)24-15-18(20-7-6-12-27-20)25-10-4-5-11-25/h6-9,12-13,18H,4-5,10-11,14-15H2,1-3H3,(H2,22,23,24). The SMILES string of the molecule is CN=C(NCc1ccc(C)cc1OC)NCC(c1cccs1)N1CCCC1. The first-order valence-corrected chi connectivity index (χ1v) is 10.4. The molecule has 1 atom stereocenters. The zero-order valence-corrected chi connectivity index (χ0v) is 17.3. The second-order valence-corrected chi connectivity index (χ2v) is 7.88. The molecule has 1 aromatic heterocycles. The van der Waals surface area contributed by atoms with E-state index in [1.54, 1.807) is 7.11 Å². The molecule has 146 valence electrons. The number of aliphatic imine (C=N–C) groups is 1. The van der Waals surface area contributed by atoms with Crippen LogP contribution >= 0.6 is 11.3 Å². The van der Waals surface area contributed by atoms with Gasteiger partial charge in [0.15, 0.2) is 5.96 Å². The molecular formula is C21H30N4OS. The van der Waals surface area contributed by atoms with Crippen molar-refractivity contribution < 1.29 is 4.74 Å². The van der Waals surface area contributed by atoms with Gasteiger partial charge in [-0.3, -0.25) is 9.89 Å². The quantitative estimate of drug-likeness (QED) is 0.564. The van der Waals surface area contributed by atoms with Gasteiger partial charge in [-0.05, 0) is 55.9 Å². The van der Waals surface area contributed by atoms with Gasteiger partial charge in [0.2, 0.25) is 0 Å². The fraction of sp³-hybridized carbons (Fsp3) is 0.476. The topological polar surface area (TPSA) is 48.9 Å². The predicted octanol–water partition coefficient (Wildman–Crippen LogP) is 3.57. The molecule has 1 fully saturated rings. The van der Waals surface area contributed by atoms with Gasteiger partial charge in [0, 0.05) is 30.6 Å². The van der Waals surface area contributed by atoms with Crippen LogP contribution in [0.1, 0.15) is 34.9 Å². The highest BCUT2D eigenvalue weighted by molar-refractivity contribution is 7.10. The summed E-state index contributed by atoms with van der Waals surface area (Å²) in [5.74, 6) is 1.73. The molecule has 1 aliphatic rings. The number of nitrogens with zero attached hydrogens (tertiary/aromatic N) is 2. The number of likely N-dealkylation sites (tertiary alicyclic amines) is 1. The zero-order valence-electron chi connectivity index (χ0n) is 16.5. The van der Waals surface area contributed by atoms with E-state index >= 15 is 0 Å². The van der Waals surface area contributed by atoms with E-state index in [1.807, 2.05) is 18.4 Å². The van der Waals surface area contributed by atoms with Gasteiger partial charge < -0.3 is 15.4 Å². The van der Waals surface area contributed by atoms with Crippen LogP contribution in [0.2, 0.25) is 0 Å². The van der Waals surface area contributed by atoms with Crippen LogP contribution in [0.15, 0.2) is 40.7 Å². The maximum atomic E-state index is 5.50. The number of hydrogen-bond acceptors (Lipinski definition) is 4. The molecule has 3 rings (SSSR count). The van der Waals surface area contributed by atoms with Crippen molar-refractivity contribution in [2.45, 2.75) is 32.4 Å². The molecule has 5 nitrogen and oxygen atoms in total. The average molecular weight is 387 g/mol. The molecule has 0 bridgehead atoms. The van der Waals surface area contributed by atoms with Crippen molar-refractivity contribution in [1.29, 1.82) is 0 Å². The molecule has 1 saturated heterocycles. The lowest BCUT2D eigenvalue weighted by Crippen LogP contribution is -2.42. The van der Waals surface area contributed by atoms with E-state index < -0.39 is 0 Å². The highest BCUT2D eigenvalue weighted by Gasteiger charge is 2.24.